The number of nitrogens with zero attached hydrogens (tertiary/aromatic N) is 3. The van der Waals surface area contributed by atoms with E-state index in [1.165, 1.54) is 24.8 Å². The number of benzene rings is 2. The summed E-state index contributed by atoms with van der Waals surface area (Å²) < 4.78 is 34.0. The number of methoxy groups -OCH3 is 1. The monoisotopic (exact) mass is 674 g/mol. The maximum absolute atomic E-state index is 14.7. The van der Waals surface area contributed by atoms with Crippen LogP contribution in [0.1, 0.15) is 87.1 Å². The second kappa shape index (κ2) is 11.9. The molecule has 4 fully saturated rings. The highest BCUT2D eigenvalue weighted by molar-refractivity contribution is 7.89. The Balaban J connectivity index is 1.36. The third-order valence-corrected chi connectivity index (χ3v) is 11.9. The number of hydrogen-bond donors (Lipinski definition) is 1. The Labute approximate surface area is 285 Å². The van der Waals surface area contributed by atoms with Crippen LogP contribution in [0.25, 0.3) is 22.2 Å². The average Bonchev–Trinajstić information content (AvgIpc) is 3.74. The predicted molar refractivity (Wildman–Crippen MR) is 189 cm³/mol. The van der Waals surface area contributed by atoms with E-state index in [9.17, 15) is 18.0 Å². The molecule has 258 valence electrons. The molecule has 2 aliphatic carbocycles. The lowest BCUT2D eigenvalue weighted by atomic mass is 9.65. The summed E-state index contributed by atoms with van der Waals surface area (Å²) in [5.74, 6) is 0.717. The molecule has 4 aliphatic rings. The molecule has 9 nitrogen and oxygen atoms in total. The van der Waals surface area contributed by atoms with E-state index < -0.39 is 21.3 Å². The van der Waals surface area contributed by atoms with Gasteiger partial charge in [-0.25, -0.2) is 13.1 Å². The molecule has 2 aliphatic heterocycles. The number of aromatic nitrogens is 1. The van der Waals surface area contributed by atoms with Crippen LogP contribution in [-0.4, -0.2) is 81.2 Å². The van der Waals surface area contributed by atoms with Crippen LogP contribution in [0.5, 0.6) is 5.75 Å². The molecule has 7 rings (SSSR count). The van der Waals surface area contributed by atoms with Gasteiger partial charge in [0.2, 0.25) is 15.9 Å². The lowest BCUT2D eigenvalue weighted by Gasteiger charge is -2.56. The molecule has 1 aromatic heterocycles. The number of carbonyl (C=O) groups excluding carboxylic acids is 2. The number of rotatable bonds is 8. The summed E-state index contributed by atoms with van der Waals surface area (Å²) in [4.78, 5) is 32.5. The van der Waals surface area contributed by atoms with Crippen LogP contribution in [0, 0.1) is 16.2 Å². The highest BCUT2D eigenvalue weighted by Crippen LogP contribution is 2.54. The second-order valence-corrected chi connectivity index (χ2v) is 18.0. The second-order valence-electron chi connectivity index (χ2n) is 16.3. The Morgan fingerprint density at radius 1 is 0.938 bits per heavy atom. The Kier molecular flexibility index (Phi) is 8.22. The molecule has 2 saturated heterocycles. The zero-order valence-corrected chi connectivity index (χ0v) is 29.9. The topological polar surface area (TPSA) is 101 Å². The number of amides is 2. The molecule has 2 saturated carbocycles. The van der Waals surface area contributed by atoms with Crippen molar-refractivity contribution in [2.24, 2.45) is 16.2 Å². The van der Waals surface area contributed by atoms with Gasteiger partial charge >= 0.3 is 0 Å². The number of likely N-dealkylation sites (tertiary alicyclic amines) is 2. The van der Waals surface area contributed by atoms with Crippen LogP contribution in [0.2, 0.25) is 0 Å². The maximum Gasteiger partial charge on any atom is 0.264 e. The van der Waals surface area contributed by atoms with E-state index in [4.69, 9.17) is 4.74 Å². The fourth-order valence-corrected chi connectivity index (χ4v) is 10.3. The quantitative estimate of drug-likeness (QED) is 0.314. The third-order valence-electron chi connectivity index (χ3n) is 11.4. The smallest absolute Gasteiger partial charge is 0.264 e. The van der Waals surface area contributed by atoms with Crippen molar-refractivity contribution in [1.29, 1.82) is 0 Å². The van der Waals surface area contributed by atoms with Crippen molar-refractivity contribution < 1.29 is 22.7 Å². The molecule has 3 heterocycles. The number of sulfonamides is 1. The normalized spacial score (nSPS) is 26.0. The molecule has 1 N–H and O–H groups in total. The maximum atomic E-state index is 14.7. The Bertz CT molecular complexity index is 1840. The standard InChI is InChI=1S/C38H50N4O5S/c1-36-20-37(2,22-40(3)21-36)24-41(23-36)35(44)38(17-18-38)25-42-31-19-28(34(43)39-48(5,45)46)13-16-30(31)32(26-9-7-6-8-10-26)33(42)27-11-14-29(47-4)15-12-27/h11-16,19,26H,6-10,17-18,20-25H2,1-5H3,(H,39,43). The lowest BCUT2D eigenvalue weighted by Crippen LogP contribution is -2.63. The van der Waals surface area contributed by atoms with E-state index in [-0.39, 0.29) is 22.3 Å². The fourth-order valence-electron chi connectivity index (χ4n) is 9.84. The van der Waals surface area contributed by atoms with E-state index in [0.29, 0.717) is 12.5 Å². The van der Waals surface area contributed by atoms with Crippen LogP contribution < -0.4 is 9.46 Å². The van der Waals surface area contributed by atoms with Gasteiger partial charge in [0.15, 0.2) is 0 Å². The van der Waals surface area contributed by atoms with Crippen LogP contribution in [-0.2, 0) is 21.4 Å². The van der Waals surface area contributed by atoms with Gasteiger partial charge in [-0.15, -0.1) is 0 Å². The summed E-state index contributed by atoms with van der Waals surface area (Å²) in [5, 5.41) is 1.07. The highest BCUT2D eigenvalue weighted by atomic mass is 32.2. The van der Waals surface area contributed by atoms with Crippen molar-refractivity contribution in [3.8, 4) is 17.0 Å². The van der Waals surface area contributed by atoms with Crippen LogP contribution in [0.15, 0.2) is 42.5 Å². The predicted octanol–water partition coefficient (Wildman–Crippen LogP) is 6.02. The van der Waals surface area contributed by atoms with E-state index in [2.05, 4.69) is 52.1 Å². The van der Waals surface area contributed by atoms with Gasteiger partial charge in [-0.3, -0.25) is 9.59 Å². The molecule has 2 unspecified atom stereocenters. The van der Waals surface area contributed by atoms with E-state index in [1.54, 1.807) is 13.2 Å². The SMILES string of the molecule is COc1ccc(-c2c(C3CCCCC3)c3ccc(C(=O)NS(C)(=O)=O)cc3n2CC2(C(=O)N3CC4(C)CN(C)CC(C)(C3)C4)CC2)cc1. The molecule has 10 heteroatoms. The van der Waals surface area contributed by atoms with Gasteiger partial charge in [0.05, 0.1) is 24.5 Å². The molecule has 2 amide bonds. The fraction of sp³-hybridized carbons (Fsp3) is 0.579. The molecule has 3 aromatic rings. The first-order valence-electron chi connectivity index (χ1n) is 17.5. The van der Waals surface area contributed by atoms with Crippen molar-refractivity contribution in [2.45, 2.75) is 77.7 Å². The van der Waals surface area contributed by atoms with Crippen LogP contribution in [0.4, 0.5) is 0 Å². The zero-order valence-electron chi connectivity index (χ0n) is 29.1. The molecule has 48 heavy (non-hydrogen) atoms. The number of fused-ring (bicyclic) bond motifs is 3. The van der Waals surface area contributed by atoms with Crippen molar-refractivity contribution in [3.63, 3.8) is 0 Å². The number of ether oxygens (including phenoxy) is 1. The molecular formula is C38H50N4O5S. The molecule has 0 radical (unpaired) electrons. The highest BCUT2D eigenvalue weighted by Gasteiger charge is 2.56. The summed E-state index contributed by atoms with van der Waals surface area (Å²) in [6, 6.07) is 13.7. The number of nitrogens with one attached hydrogen (secondary N) is 1. The summed E-state index contributed by atoms with van der Waals surface area (Å²) in [6.45, 7) is 8.71. The molecule has 0 spiro atoms. The molecule has 2 aromatic carbocycles. The first kappa shape index (κ1) is 33.1. The van der Waals surface area contributed by atoms with Gasteiger partial charge in [-0.2, -0.15) is 0 Å². The van der Waals surface area contributed by atoms with Gasteiger partial charge in [-0.05, 0) is 103 Å². The minimum atomic E-state index is -3.74. The van der Waals surface area contributed by atoms with Crippen LogP contribution in [0.3, 0.4) is 0 Å². The zero-order chi connectivity index (χ0) is 34.1. The first-order valence-corrected chi connectivity index (χ1v) is 19.4. The van der Waals surface area contributed by atoms with Gasteiger partial charge in [-0.1, -0.05) is 39.2 Å². The van der Waals surface area contributed by atoms with E-state index >= 15 is 0 Å². The molecular weight excluding hydrogens is 625 g/mol. The van der Waals surface area contributed by atoms with Crippen molar-refractivity contribution >= 4 is 32.7 Å². The average molecular weight is 675 g/mol. The van der Waals surface area contributed by atoms with E-state index in [1.807, 2.05) is 24.3 Å². The van der Waals surface area contributed by atoms with Crippen molar-refractivity contribution in [2.75, 3.05) is 46.6 Å². The molecule has 2 bridgehead atoms. The number of piperidine rings is 2. The summed E-state index contributed by atoms with van der Waals surface area (Å²) in [7, 11) is 0.123. The lowest BCUT2D eigenvalue weighted by molar-refractivity contribution is -0.150. The van der Waals surface area contributed by atoms with Gasteiger partial charge in [0.1, 0.15) is 5.75 Å². The van der Waals surface area contributed by atoms with Gasteiger partial charge < -0.3 is 19.1 Å². The van der Waals surface area contributed by atoms with Crippen molar-refractivity contribution in [1.82, 2.24) is 19.1 Å². The Hall–Kier alpha value is -3.37. The van der Waals surface area contributed by atoms with Crippen LogP contribution >= 0.6 is 0 Å². The third kappa shape index (κ3) is 6.26. The largest absolute Gasteiger partial charge is 0.497 e. The van der Waals surface area contributed by atoms with Gasteiger partial charge in [0.25, 0.3) is 5.91 Å². The summed E-state index contributed by atoms with van der Waals surface area (Å²) in [5.41, 5.74) is 4.18. The summed E-state index contributed by atoms with van der Waals surface area (Å²) >= 11 is 0. The minimum absolute atomic E-state index is 0.0656. The number of hydrogen-bond acceptors (Lipinski definition) is 6. The first-order chi connectivity index (χ1) is 22.7. The number of carbonyl (C=O) groups is 2. The molecule has 2 atom stereocenters. The summed E-state index contributed by atoms with van der Waals surface area (Å²) in [6.07, 6.45) is 9.50. The van der Waals surface area contributed by atoms with E-state index in [0.717, 1.165) is 92.4 Å². The minimum Gasteiger partial charge on any atom is -0.497 e. The Morgan fingerprint density at radius 2 is 1.58 bits per heavy atom. The Morgan fingerprint density at radius 3 is 2.17 bits per heavy atom. The van der Waals surface area contributed by atoms with Gasteiger partial charge in [0, 0.05) is 49.2 Å². The van der Waals surface area contributed by atoms with Crippen molar-refractivity contribution in [3.05, 3.63) is 53.6 Å².